The largest absolute Gasteiger partial charge is 0.341 e. The lowest BCUT2D eigenvalue weighted by Crippen LogP contribution is -2.56. The molecule has 0 unspecified atom stereocenters. The monoisotopic (exact) mass is 414 g/mol. The van der Waals surface area contributed by atoms with Crippen LogP contribution in [0.4, 0.5) is 5.69 Å². The molecule has 6 heteroatoms. The average Bonchev–Trinajstić information content (AvgIpc) is 2.79. The number of hydrogen-bond donors (Lipinski definition) is 1. The van der Waals surface area contributed by atoms with Crippen LogP contribution in [0.25, 0.3) is 0 Å². The summed E-state index contributed by atoms with van der Waals surface area (Å²) in [7, 11) is 1.98. The van der Waals surface area contributed by atoms with Gasteiger partial charge >= 0.3 is 0 Å². The van der Waals surface area contributed by atoms with Crippen LogP contribution in [-0.2, 0) is 16.0 Å². The van der Waals surface area contributed by atoms with E-state index in [4.69, 9.17) is 0 Å². The van der Waals surface area contributed by atoms with E-state index in [0.29, 0.717) is 12.6 Å². The molecule has 2 amide bonds. The van der Waals surface area contributed by atoms with Crippen molar-refractivity contribution in [1.82, 2.24) is 14.7 Å². The highest BCUT2D eigenvalue weighted by Crippen LogP contribution is 2.23. The van der Waals surface area contributed by atoms with Gasteiger partial charge in [-0.15, -0.1) is 0 Å². The Morgan fingerprint density at radius 2 is 1.77 bits per heavy atom. The van der Waals surface area contributed by atoms with Gasteiger partial charge in [-0.05, 0) is 37.8 Å². The van der Waals surface area contributed by atoms with Gasteiger partial charge in [-0.3, -0.25) is 19.4 Å². The van der Waals surface area contributed by atoms with E-state index in [1.807, 2.05) is 37.1 Å². The Bertz CT molecular complexity index is 709. The summed E-state index contributed by atoms with van der Waals surface area (Å²) in [5.41, 5.74) is 2.07. The Kier molecular flexibility index (Phi) is 8.28. The van der Waals surface area contributed by atoms with Gasteiger partial charge in [0.15, 0.2) is 0 Å². The number of piperazine rings is 1. The number of carbonyl (C=O) groups excluding carboxylic acids is 2. The molecule has 1 aromatic carbocycles. The van der Waals surface area contributed by atoms with Gasteiger partial charge in [0.1, 0.15) is 0 Å². The van der Waals surface area contributed by atoms with Crippen molar-refractivity contribution in [3.63, 3.8) is 0 Å². The average molecular weight is 415 g/mol. The SMILES string of the molecule is CCc1ccccc1NC(=O)CN1CCN([C@@H](C)C(=O)N(C)C2CCCCC2)CC1. The normalized spacial score (nSPS) is 20.0. The van der Waals surface area contributed by atoms with Crippen molar-refractivity contribution in [2.75, 3.05) is 45.1 Å². The Morgan fingerprint density at radius 3 is 2.43 bits per heavy atom. The number of rotatable bonds is 7. The first-order chi connectivity index (χ1) is 14.5. The number of carbonyl (C=O) groups is 2. The zero-order valence-corrected chi connectivity index (χ0v) is 18.9. The van der Waals surface area contributed by atoms with Gasteiger partial charge in [0.25, 0.3) is 0 Å². The number of para-hydroxylation sites is 1. The molecule has 1 saturated carbocycles. The molecular formula is C24H38N4O2. The molecular weight excluding hydrogens is 376 g/mol. The maximum absolute atomic E-state index is 13.0. The fourth-order valence-corrected chi connectivity index (χ4v) is 4.75. The van der Waals surface area contributed by atoms with Gasteiger partial charge in [-0.25, -0.2) is 0 Å². The van der Waals surface area contributed by atoms with E-state index >= 15 is 0 Å². The van der Waals surface area contributed by atoms with Crippen LogP contribution in [0.1, 0.15) is 51.5 Å². The molecule has 2 aliphatic rings. The van der Waals surface area contributed by atoms with Crippen LogP contribution in [0.5, 0.6) is 0 Å². The maximum atomic E-state index is 13.0. The summed E-state index contributed by atoms with van der Waals surface area (Å²) >= 11 is 0. The number of hydrogen-bond acceptors (Lipinski definition) is 4. The summed E-state index contributed by atoms with van der Waals surface area (Å²) in [5, 5.41) is 3.06. The van der Waals surface area contributed by atoms with Gasteiger partial charge < -0.3 is 10.2 Å². The molecule has 1 N–H and O–H groups in total. The first-order valence-corrected chi connectivity index (χ1v) is 11.6. The zero-order chi connectivity index (χ0) is 21.5. The standard InChI is InChI=1S/C24H38N4O2/c1-4-20-10-8-9-13-22(20)25-23(29)18-27-14-16-28(17-15-27)19(2)24(30)26(3)21-11-6-5-7-12-21/h8-10,13,19,21H,4-7,11-12,14-18H2,1-3H3,(H,25,29)/t19-/m0/s1. The highest BCUT2D eigenvalue weighted by molar-refractivity contribution is 5.93. The number of anilines is 1. The van der Waals surface area contributed by atoms with Gasteiger partial charge in [-0.1, -0.05) is 44.4 Å². The van der Waals surface area contributed by atoms with Crippen molar-refractivity contribution in [3.05, 3.63) is 29.8 Å². The number of benzene rings is 1. The lowest BCUT2D eigenvalue weighted by Gasteiger charge is -2.40. The maximum Gasteiger partial charge on any atom is 0.239 e. The summed E-state index contributed by atoms with van der Waals surface area (Å²) in [6.45, 7) is 7.80. The van der Waals surface area contributed by atoms with Crippen molar-refractivity contribution < 1.29 is 9.59 Å². The molecule has 3 rings (SSSR count). The van der Waals surface area contributed by atoms with Gasteiger partial charge in [0.2, 0.25) is 11.8 Å². The number of nitrogens with zero attached hydrogens (tertiary/aromatic N) is 3. The predicted octanol–water partition coefficient (Wildman–Crippen LogP) is 2.98. The van der Waals surface area contributed by atoms with Crippen molar-refractivity contribution in [3.8, 4) is 0 Å². The molecule has 0 aromatic heterocycles. The summed E-state index contributed by atoms with van der Waals surface area (Å²) in [4.78, 5) is 31.9. The Hall–Kier alpha value is -1.92. The van der Waals surface area contributed by atoms with Gasteiger partial charge in [-0.2, -0.15) is 0 Å². The van der Waals surface area contributed by atoms with E-state index in [0.717, 1.165) is 56.7 Å². The molecule has 166 valence electrons. The summed E-state index contributed by atoms with van der Waals surface area (Å²) in [6, 6.07) is 8.29. The third-order valence-corrected chi connectivity index (χ3v) is 6.82. The predicted molar refractivity (Wildman–Crippen MR) is 122 cm³/mol. The van der Waals surface area contributed by atoms with Crippen molar-refractivity contribution in [2.45, 2.75) is 64.5 Å². The minimum absolute atomic E-state index is 0.0329. The second-order valence-electron chi connectivity index (χ2n) is 8.79. The Morgan fingerprint density at radius 1 is 1.10 bits per heavy atom. The zero-order valence-electron chi connectivity index (χ0n) is 18.9. The third-order valence-electron chi connectivity index (χ3n) is 6.82. The fourth-order valence-electron chi connectivity index (χ4n) is 4.75. The fraction of sp³-hybridized carbons (Fsp3) is 0.667. The molecule has 0 radical (unpaired) electrons. The molecule has 1 aliphatic heterocycles. The molecule has 1 aliphatic carbocycles. The molecule has 1 atom stereocenters. The quantitative estimate of drug-likeness (QED) is 0.745. The van der Waals surface area contributed by atoms with E-state index in [-0.39, 0.29) is 17.9 Å². The van der Waals surface area contributed by atoms with Crippen LogP contribution >= 0.6 is 0 Å². The minimum atomic E-state index is -0.0932. The second-order valence-corrected chi connectivity index (χ2v) is 8.79. The summed E-state index contributed by atoms with van der Waals surface area (Å²) in [5.74, 6) is 0.273. The summed E-state index contributed by atoms with van der Waals surface area (Å²) in [6.07, 6.45) is 6.95. The summed E-state index contributed by atoms with van der Waals surface area (Å²) < 4.78 is 0. The highest BCUT2D eigenvalue weighted by Gasteiger charge is 2.31. The number of aryl methyl sites for hydroxylation is 1. The molecule has 1 heterocycles. The van der Waals surface area contributed by atoms with E-state index in [1.54, 1.807) is 0 Å². The van der Waals surface area contributed by atoms with E-state index in [2.05, 4.69) is 28.1 Å². The lowest BCUT2D eigenvalue weighted by atomic mass is 9.94. The van der Waals surface area contributed by atoms with Crippen molar-refractivity contribution >= 4 is 17.5 Å². The lowest BCUT2D eigenvalue weighted by molar-refractivity contribution is -0.138. The van der Waals surface area contributed by atoms with Gasteiger partial charge in [0.05, 0.1) is 12.6 Å². The van der Waals surface area contributed by atoms with Crippen LogP contribution < -0.4 is 5.32 Å². The molecule has 1 saturated heterocycles. The molecule has 6 nitrogen and oxygen atoms in total. The number of nitrogens with one attached hydrogen (secondary N) is 1. The number of likely N-dealkylation sites (N-methyl/N-ethyl adjacent to an activating group) is 1. The molecule has 0 bridgehead atoms. The highest BCUT2D eigenvalue weighted by atomic mass is 16.2. The molecule has 2 fully saturated rings. The van der Waals surface area contributed by atoms with Crippen LogP contribution in [0, 0.1) is 0 Å². The molecule has 30 heavy (non-hydrogen) atoms. The Labute approximate surface area is 181 Å². The van der Waals surface area contributed by atoms with Crippen LogP contribution in [0.2, 0.25) is 0 Å². The first-order valence-electron chi connectivity index (χ1n) is 11.6. The van der Waals surface area contributed by atoms with Crippen LogP contribution in [0.15, 0.2) is 24.3 Å². The minimum Gasteiger partial charge on any atom is -0.341 e. The molecule has 0 spiro atoms. The second kappa shape index (κ2) is 10.9. The first kappa shape index (κ1) is 22.8. The van der Waals surface area contributed by atoms with E-state index < -0.39 is 0 Å². The van der Waals surface area contributed by atoms with Crippen molar-refractivity contribution in [2.24, 2.45) is 0 Å². The third kappa shape index (κ3) is 5.82. The number of amides is 2. The smallest absolute Gasteiger partial charge is 0.239 e. The van der Waals surface area contributed by atoms with E-state index in [9.17, 15) is 9.59 Å². The van der Waals surface area contributed by atoms with Crippen LogP contribution in [0.3, 0.4) is 0 Å². The topological polar surface area (TPSA) is 55.9 Å². The van der Waals surface area contributed by atoms with Crippen molar-refractivity contribution in [1.29, 1.82) is 0 Å². The van der Waals surface area contributed by atoms with E-state index in [1.165, 1.54) is 19.3 Å². The van der Waals surface area contributed by atoms with Gasteiger partial charge in [0, 0.05) is 45.0 Å². The van der Waals surface area contributed by atoms with Crippen LogP contribution in [-0.4, -0.2) is 78.4 Å². The molecule has 1 aromatic rings. The Balaban J connectivity index is 1.44.